The van der Waals surface area contributed by atoms with Crippen molar-refractivity contribution in [3.63, 3.8) is 0 Å². The minimum atomic E-state index is -0.127. The molecule has 0 amide bonds. The van der Waals surface area contributed by atoms with Crippen molar-refractivity contribution in [1.82, 2.24) is 0 Å². The van der Waals surface area contributed by atoms with Gasteiger partial charge < -0.3 is 0 Å². The Bertz CT molecular complexity index is 429. The third kappa shape index (κ3) is 3.01. The second-order valence-corrected chi connectivity index (χ2v) is 6.93. The maximum Gasteiger partial charge on any atom is 0.136 e. The zero-order chi connectivity index (χ0) is 14.0. The first kappa shape index (κ1) is 14.1. The first-order chi connectivity index (χ1) is 8.93. The molecule has 2 aliphatic rings. The molecule has 2 unspecified atom stereocenters. The molecule has 19 heavy (non-hydrogen) atoms. The maximum absolute atomic E-state index is 12.2. The smallest absolute Gasteiger partial charge is 0.136 e. The van der Waals surface area contributed by atoms with E-state index in [1.165, 1.54) is 0 Å². The van der Waals surface area contributed by atoms with Crippen LogP contribution in [0.25, 0.3) is 10.4 Å². The highest BCUT2D eigenvalue weighted by atomic mass is 16.1. The normalized spacial score (nSPS) is 35.2. The lowest BCUT2D eigenvalue weighted by atomic mass is 9.65. The number of carbonyl (C=O) groups excluding carboxylic acids is 1. The molecule has 0 aromatic carbocycles. The molecule has 4 atom stereocenters. The lowest BCUT2D eigenvalue weighted by Crippen LogP contribution is -2.37. The van der Waals surface area contributed by atoms with Crippen LogP contribution in [0, 0.1) is 23.2 Å². The number of hydrogen-bond donors (Lipinski definition) is 0. The van der Waals surface area contributed by atoms with Crippen molar-refractivity contribution in [3.8, 4) is 0 Å². The zero-order valence-electron chi connectivity index (χ0n) is 12.0. The van der Waals surface area contributed by atoms with E-state index < -0.39 is 0 Å². The Labute approximate surface area is 114 Å². The van der Waals surface area contributed by atoms with Crippen molar-refractivity contribution in [2.45, 2.75) is 52.5 Å². The van der Waals surface area contributed by atoms with Crippen LogP contribution in [-0.2, 0) is 4.79 Å². The minimum Gasteiger partial charge on any atom is -0.299 e. The van der Waals surface area contributed by atoms with Gasteiger partial charge in [0.25, 0.3) is 0 Å². The SMILES string of the molecule is CC(C)(C)[C@@H]1CCC(=O)[C@@H](C2CC=CC2N=[N+]=[N-])C1. The van der Waals surface area contributed by atoms with Crippen LogP contribution in [0.2, 0.25) is 0 Å². The summed E-state index contributed by atoms with van der Waals surface area (Å²) in [5.41, 5.74) is 8.88. The van der Waals surface area contributed by atoms with Crippen LogP contribution >= 0.6 is 0 Å². The Morgan fingerprint density at radius 3 is 2.79 bits per heavy atom. The molecule has 1 fully saturated rings. The fraction of sp³-hybridized carbons (Fsp3) is 0.800. The van der Waals surface area contributed by atoms with Gasteiger partial charge in [-0.1, -0.05) is 38.0 Å². The molecular weight excluding hydrogens is 238 g/mol. The number of hydrogen-bond acceptors (Lipinski definition) is 2. The van der Waals surface area contributed by atoms with Crippen LogP contribution in [0.1, 0.15) is 46.5 Å². The van der Waals surface area contributed by atoms with E-state index in [-0.39, 0.29) is 23.3 Å². The molecule has 0 radical (unpaired) electrons. The summed E-state index contributed by atoms with van der Waals surface area (Å²) in [7, 11) is 0. The Morgan fingerprint density at radius 1 is 1.42 bits per heavy atom. The fourth-order valence-electron chi connectivity index (χ4n) is 3.50. The van der Waals surface area contributed by atoms with E-state index in [4.69, 9.17) is 5.53 Å². The molecule has 0 N–H and O–H groups in total. The van der Waals surface area contributed by atoms with Crippen molar-refractivity contribution in [2.75, 3.05) is 0 Å². The molecule has 0 aromatic rings. The summed E-state index contributed by atoms with van der Waals surface area (Å²) < 4.78 is 0. The largest absolute Gasteiger partial charge is 0.299 e. The molecule has 0 aromatic heterocycles. The Morgan fingerprint density at radius 2 is 2.16 bits per heavy atom. The van der Waals surface area contributed by atoms with Crippen molar-refractivity contribution >= 4 is 5.78 Å². The molecule has 0 saturated heterocycles. The van der Waals surface area contributed by atoms with Gasteiger partial charge in [-0.15, -0.1) is 0 Å². The van der Waals surface area contributed by atoms with Gasteiger partial charge in [0.1, 0.15) is 5.78 Å². The van der Waals surface area contributed by atoms with Crippen molar-refractivity contribution < 1.29 is 4.79 Å². The van der Waals surface area contributed by atoms with Crippen molar-refractivity contribution in [2.24, 2.45) is 28.3 Å². The van der Waals surface area contributed by atoms with Gasteiger partial charge in [0.15, 0.2) is 0 Å². The van der Waals surface area contributed by atoms with Gasteiger partial charge in [0.2, 0.25) is 0 Å². The standard InChI is InChI=1S/C15H23N3O/c1-15(2,3)10-7-8-14(19)12(9-10)11-5-4-6-13(11)17-18-16/h4,6,10-13H,5,7-9H2,1-3H3/t10-,11?,12-,13?/m1/s1. The third-order valence-corrected chi connectivity index (χ3v) is 4.80. The predicted molar refractivity (Wildman–Crippen MR) is 75.5 cm³/mol. The summed E-state index contributed by atoms with van der Waals surface area (Å²) in [5.74, 6) is 1.21. The first-order valence-electron chi connectivity index (χ1n) is 7.17. The van der Waals surface area contributed by atoms with Gasteiger partial charge in [-0.05, 0) is 42.0 Å². The number of nitrogens with zero attached hydrogens (tertiary/aromatic N) is 3. The molecular formula is C15H23N3O. The summed E-state index contributed by atoms with van der Waals surface area (Å²) in [5, 5.41) is 3.84. The third-order valence-electron chi connectivity index (χ3n) is 4.80. The van der Waals surface area contributed by atoms with Crippen molar-refractivity contribution in [1.29, 1.82) is 0 Å². The summed E-state index contributed by atoms with van der Waals surface area (Å²) in [4.78, 5) is 15.2. The van der Waals surface area contributed by atoms with Gasteiger partial charge in [-0.2, -0.15) is 0 Å². The minimum absolute atomic E-state index is 0.0727. The molecule has 104 valence electrons. The van der Waals surface area contributed by atoms with E-state index in [0.29, 0.717) is 18.1 Å². The van der Waals surface area contributed by atoms with E-state index in [2.05, 4.69) is 36.9 Å². The van der Waals surface area contributed by atoms with E-state index >= 15 is 0 Å². The molecule has 0 heterocycles. The number of carbonyl (C=O) groups is 1. The number of rotatable bonds is 2. The lowest BCUT2D eigenvalue weighted by molar-refractivity contribution is -0.128. The Kier molecular flexibility index (Phi) is 4.00. The molecule has 0 aliphatic heterocycles. The van der Waals surface area contributed by atoms with Crippen LogP contribution < -0.4 is 0 Å². The van der Waals surface area contributed by atoms with Crippen LogP contribution in [0.3, 0.4) is 0 Å². The van der Waals surface area contributed by atoms with Crippen LogP contribution in [0.15, 0.2) is 17.3 Å². The van der Waals surface area contributed by atoms with E-state index in [9.17, 15) is 4.79 Å². The molecule has 1 saturated carbocycles. The zero-order valence-corrected chi connectivity index (χ0v) is 12.0. The van der Waals surface area contributed by atoms with Gasteiger partial charge in [0.05, 0.1) is 6.04 Å². The van der Waals surface area contributed by atoms with Gasteiger partial charge in [-0.25, -0.2) is 0 Å². The number of ketones is 1. The van der Waals surface area contributed by atoms with Gasteiger partial charge in [-0.3, -0.25) is 4.79 Å². The van der Waals surface area contributed by atoms with E-state index in [0.717, 1.165) is 19.3 Å². The topological polar surface area (TPSA) is 65.8 Å². The van der Waals surface area contributed by atoms with E-state index in [1.807, 2.05) is 6.08 Å². The summed E-state index contributed by atoms with van der Waals surface area (Å²) in [6.45, 7) is 6.76. The molecule has 0 bridgehead atoms. The monoisotopic (exact) mass is 261 g/mol. The number of allylic oxidation sites excluding steroid dienone is 1. The summed E-state index contributed by atoms with van der Waals surface area (Å²) in [6.07, 6.45) is 7.52. The highest BCUT2D eigenvalue weighted by Crippen LogP contribution is 2.44. The molecule has 2 rings (SSSR count). The van der Waals surface area contributed by atoms with Crippen LogP contribution in [0.5, 0.6) is 0 Å². The fourth-order valence-corrected chi connectivity index (χ4v) is 3.50. The lowest BCUT2D eigenvalue weighted by Gasteiger charge is -2.39. The second kappa shape index (κ2) is 5.38. The maximum atomic E-state index is 12.2. The average molecular weight is 261 g/mol. The summed E-state index contributed by atoms with van der Waals surface area (Å²) >= 11 is 0. The first-order valence-corrected chi connectivity index (χ1v) is 7.17. The highest BCUT2D eigenvalue weighted by Gasteiger charge is 2.41. The van der Waals surface area contributed by atoms with Gasteiger partial charge in [0, 0.05) is 17.3 Å². The van der Waals surface area contributed by atoms with Gasteiger partial charge >= 0.3 is 0 Å². The number of azide groups is 1. The number of Topliss-reactive ketones (excluding diaryl/α,β-unsaturated/α-hetero) is 1. The summed E-state index contributed by atoms with van der Waals surface area (Å²) in [6, 6.07) is -0.127. The Hall–Kier alpha value is -1.28. The Balaban J connectivity index is 2.13. The average Bonchev–Trinajstić information content (AvgIpc) is 2.77. The van der Waals surface area contributed by atoms with Crippen molar-refractivity contribution in [3.05, 3.63) is 22.6 Å². The van der Waals surface area contributed by atoms with E-state index in [1.54, 1.807) is 0 Å². The second-order valence-electron chi connectivity index (χ2n) is 6.93. The molecule has 4 nitrogen and oxygen atoms in total. The highest BCUT2D eigenvalue weighted by molar-refractivity contribution is 5.82. The molecule has 2 aliphatic carbocycles. The molecule has 4 heteroatoms. The van der Waals surface area contributed by atoms with Crippen LogP contribution in [0.4, 0.5) is 0 Å². The predicted octanol–water partition coefficient (Wildman–Crippen LogP) is 4.27. The molecule has 0 spiro atoms. The van der Waals surface area contributed by atoms with Crippen LogP contribution in [-0.4, -0.2) is 11.8 Å². The quantitative estimate of drug-likeness (QED) is 0.317.